The highest BCUT2D eigenvalue weighted by atomic mass is 19.3. The van der Waals surface area contributed by atoms with E-state index in [0.29, 0.717) is 23.1 Å². The molecule has 1 N–H and O–H groups in total. The van der Waals surface area contributed by atoms with Crippen LogP contribution in [0.25, 0.3) is 11.0 Å². The van der Waals surface area contributed by atoms with Gasteiger partial charge in [-0.05, 0) is 48.4 Å². The molecule has 0 radical (unpaired) electrons. The van der Waals surface area contributed by atoms with Crippen LogP contribution >= 0.6 is 0 Å². The minimum absolute atomic E-state index is 0. The largest absolute Gasteiger partial charge is 0.369 e. The lowest BCUT2D eigenvalue weighted by molar-refractivity contribution is 0.150. The highest BCUT2D eigenvalue weighted by Gasteiger charge is 2.19. The molecule has 6 nitrogen and oxygen atoms in total. The maximum atomic E-state index is 12.9. The van der Waals surface area contributed by atoms with Crippen LogP contribution in [0.2, 0.25) is 0 Å². The average Bonchev–Trinajstić information content (AvgIpc) is 2.73. The van der Waals surface area contributed by atoms with E-state index in [-0.39, 0.29) is 1.43 Å². The quantitative estimate of drug-likeness (QED) is 0.710. The molecule has 0 amide bonds. The van der Waals surface area contributed by atoms with Gasteiger partial charge in [0.1, 0.15) is 0 Å². The van der Waals surface area contributed by atoms with Crippen LogP contribution in [-0.2, 0) is 6.54 Å². The van der Waals surface area contributed by atoms with E-state index in [1.54, 1.807) is 12.3 Å². The summed E-state index contributed by atoms with van der Waals surface area (Å²) in [6, 6.07) is 10.9. The smallest absolute Gasteiger partial charge is 0.269 e. The lowest BCUT2D eigenvalue weighted by atomic mass is 10.1. The molecule has 3 heterocycles. The minimum atomic E-state index is -2.82. The maximum Gasteiger partial charge on any atom is 0.269 e. The van der Waals surface area contributed by atoms with Crippen LogP contribution in [0.5, 0.6) is 0 Å². The molecule has 0 unspecified atom stereocenters. The van der Waals surface area contributed by atoms with Crippen LogP contribution in [0, 0.1) is 18.3 Å². The Bertz CT molecular complexity index is 1180. The second kappa shape index (κ2) is 8.20. The summed E-state index contributed by atoms with van der Waals surface area (Å²) in [4.78, 5) is 23.2. The Kier molecular flexibility index (Phi) is 5.46. The third-order valence-electron chi connectivity index (χ3n) is 5.46. The standard InChI is InChI=1S/C22H21F2N5O.H2/c1-14-8-15(11-25)2-3-20(14)29-6-4-28(5-7-29)13-16-9-19-18(26-12-16)10-17(21(23)24)22(30)27-19;/h2-3,8-10,12,21H,4-7,13H2,1H3,(H,27,30);1H. The molecule has 4 rings (SSSR count). The molecule has 1 saturated heterocycles. The fourth-order valence-electron chi connectivity index (χ4n) is 3.87. The Balaban J connectivity index is 0.00000272. The van der Waals surface area contributed by atoms with E-state index in [9.17, 15) is 13.6 Å². The van der Waals surface area contributed by atoms with Crippen molar-refractivity contribution in [1.82, 2.24) is 14.9 Å². The van der Waals surface area contributed by atoms with Gasteiger partial charge in [-0.3, -0.25) is 14.7 Å². The SMILES string of the molecule is Cc1cc(C#N)ccc1N1CCN(Cc2cnc3cc(C(F)F)c(=O)[nH]c3c2)CC1.[HH]. The van der Waals surface area contributed by atoms with Crippen molar-refractivity contribution in [2.75, 3.05) is 31.1 Å². The monoisotopic (exact) mass is 411 g/mol. The number of nitrogens with one attached hydrogen (secondary N) is 1. The second-order valence-electron chi connectivity index (χ2n) is 7.51. The number of aryl methyl sites for hydroxylation is 1. The van der Waals surface area contributed by atoms with Crippen molar-refractivity contribution in [2.24, 2.45) is 0 Å². The number of hydrogen-bond acceptors (Lipinski definition) is 5. The van der Waals surface area contributed by atoms with Crippen molar-refractivity contribution in [3.8, 4) is 6.07 Å². The summed E-state index contributed by atoms with van der Waals surface area (Å²) >= 11 is 0. The van der Waals surface area contributed by atoms with Crippen LogP contribution < -0.4 is 10.5 Å². The lowest BCUT2D eigenvalue weighted by Crippen LogP contribution is -2.46. The van der Waals surface area contributed by atoms with Crippen LogP contribution in [-0.4, -0.2) is 41.0 Å². The zero-order chi connectivity index (χ0) is 21.3. The minimum Gasteiger partial charge on any atom is -0.369 e. The molecule has 1 fully saturated rings. The molecule has 1 aromatic carbocycles. The topological polar surface area (TPSA) is 76.0 Å². The fourth-order valence-corrected chi connectivity index (χ4v) is 3.87. The van der Waals surface area contributed by atoms with Gasteiger partial charge in [-0.1, -0.05) is 0 Å². The number of benzene rings is 1. The van der Waals surface area contributed by atoms with Crippen LogP contribution in [0.1, 0.15) is 30.1 Å². The predicted octanol–water partition coefficient (Wildman–Crippen LogP) is 3.61. The molecule has 156 valence electrons. The molecule has 0 aliphatic carbocycles. The Morgan fingerprint density at radius 1 is 1.23 bits per heavy atom. The van der Waals surface area contributed by atoms with Gasteiger partial charge in [0.25, 0.3) is 12.0 Å². The van der Waals surface area contributed by atoms with Gasteiger partial charge in [-0.15, -0.1) is 0 Å². The summed E-state index contributed by atoms with van der Waals surface area (Å²) in [6.07, 6.45) is -1.15. The third kappa shape index (κ3) is 4.02. The predicted molar refractivity (Wildman–Crippen MR) is 113 cm³/mol. The molecule has 2 aromatic heterocycles. The van der Waals surface area contributed by atoms with Crippen molar-refractivity contribution in [2.45, 2.75) is 19.9 Å². The Hall–Kier alpha value is -3.31. The van der Waals surface area contributed by atoms with Crippen molar-refractivity contribution in [3.63, 3.8) is 0 Å². The van der Waals surface area contributed by atoms with Gasteiger partial charge in [-0.2, -0.15) is 5.26 Å². The zero-order valence-corrected chi connectivity index (χ0v) is 16.5. The summed E-state index contributed by atoms with van der Waals surface area (Å²) in [5.74, 6) is 0. The van der Waals surface area contributed by atoms with E-state index in [2.05, 4.69) is 25.8 Å². The Labute approximate surface area is 173 Å². The molecule has 0 atom stereocenters. The number of aromatic nitrogens is 2. The van der Waals surface area contributed by atoms with E-state index in [4.69, 9.17) is 5.26 Å². The first kappa shape index (κ1) is 20.0. The van der Waals surface area contributed by atoms with E-state index in [0.717, 1.165) is 49.1 Å². The number of nitriles is 1. The number of pyridine rings is 2. The highest BCUT2D eigenvalue weighted by molar-refractivity contribution is 5.75. The number of alkyl halides is 2. The second-order valence-corrected chi connectivity index (χ2v) is 7.51. The van der Waals surface area contributed by atoms with Crippen molar-refractivity contribution in [1.29, 1.82) is 5.26 Å². The van der Waals surface area contributed by atoms with E-state index >= 15 is 0 Å². The third-order valence-corrected chi connectivity index (χ3v) is 5.46. The molecule has 3 aromatic rings. The lowest BCUT2D eigenvalue weighted by Gasteiger charge is -2.36. The van der Waals surface area contributed by atoms with E-state index in [1.807, 2.05) is 25.1 Å². The number of H-pyrrole nitrogens is 1. The number of nitrogens with zero attached hydrogens (tertiary/aromatic N) is 4. The van der Waals surface area contributed by atoms with Crippen molar-refractivity contribution >= 4 is 16.7 Å². The Morgan fingerprint density at radius 2 is 2.00 bits per heavy atom. The normalized spacial score (nSPS) is 15.0. The zero-order valence-electron chi connectivity index (χ0n) is 16.5. The van der Waals surface area contributed by atoms with Gasteiger partial charge < -0.3 is 9.88 Å². The van der Waals surface area contributed by atoms with Gasteiger partial charge in [0.2, 0.25) is 0 Å². The van der Waals surface area contributed by atoms with Crippen LogP contribution in [0.15, 0.2) is 41.3 Å². The number of rotatable bonds is 4. The number of anilines is 1. The summed E-state index contributed by atoms with van der Waals surface area (Å²) in [6.45, 7) is 6.13. The van der Waals surface area contributed by atoms with Crippen LogP contribution in [0.4, 0.5) is 14.5 Å². The Morgan fingerprint density at radius 3 is 2.67 bits per heavy atom. The average molecular weight is 411 g/mol. The number of piperazine rings is 1. The first-order chi connectivity index (χ1) is 14.4. The summed E-state index contributed by atoms with van der Waals surface area (Å²) in [5, 5.41) is 9.03. The highest BCUT2D eigenvalue weighted by Crippen LogP contribution is 2.23. The molecular formula is C22H23F2N5O. The van der Waals surface area contributed by atoms with Crippen molar-refractivity contribution in [3.05, 3.63) is 69.1 Å². The molecule has 0 saturated carbocycles. The molecule has 1 aliphatic heterocycles. The molecular weight excluding hydrogens is 388 g/mol. The summed E-state index contributed by atoms with van der Waals surface area (Å²) < 4.78 is 25.8. The van der Waals surface area contributed by atoms with Gasteiger partial charge in [0, 0.05) is 46.0 Å². The van der Waals surface area contributed by atoms with E-state index in [1.165, 1.54) is 0 Å². The molecule has 30 heavy (non-hydrogen) atoms. The van der Waals surface area contributed by atoms with Gasteiger partial charge in [0.15, 0.2) is 0 Å². The fraction of sp³-hybridized carbons (Fsp3) is 0.318. The first-order valence-corrected chi connectivity index (χ1v) is 9.72. The number of hydrogen-bond donors (Lipinski definition) is 1. The maximum absolute atomic E-state index is 12.9. The molecule has 0 spiro atoms. The van der Waals surface area contributed by atoms with Gasteiger partial charge in [0.05, 0.1) is 28.2 Å². The molecule has 8 heteroatoms. The molecule has 0 bridgehead atoms. The molecule has 1 aliphatic rings. The number of halogens is 2. The first-order valence-electron chi connectivity index (χ1n) is 9.72. The number of fused-ring (bicyclic) bond motifs is 1. The summed E-state index contributed by atoms with van der Waals surface area (Å²) in [5.41, 5.74) is 3.31. The van der Waals surface area contributed by atoms with Gasteiger partial charge in [-0.25, -0.2) is 8.78 Å². The van der Waals surface area contributed by atoms with Crippen molar-refractivity contribution < 1.29 is 10.2 Å². The number of aromatic amines is 1. The summed E-state index contributed by atoms with van der Waals surface area (Å²) in [7, 11) is 0. The van der Waals surface area contributed by atoms with E-state index < -0.39 is 17.5 Å². The van der Waals surface area contributed by atoms with Gasteiger partial charge >= 0.3 is 0 Å². The van der Waals surface area contributed by atoms with Crippen LogP contribution in [0.3, 0.4) is 0 Å².